The van der Waals surface area contributed by atoms with Gasteiger partial charge in [0.05, 0.1) is 22.9 Å². The SMILES string of the molecule is Cc1onc(-c2ccccc2Cl)c1C(=O)Nc1ccccc1N1CCNC(=O)C1. The quantitative estimate of drug-likeness (QED) is 0.687. The molecule has 0 unspecified atom stereocenters. The largest absolute Gasteiger partial charge is 0.360 e. The molecule has 1 aromatic heterocycles. The van der Waals surface area contributed by atoms with Gasteiger partial charge in [-0.3, -0.25) is 9.59 Å². The van der Waals surface area contributed by atoms with Gasteiger partial charge in [-0.2, -0.15) is 0 Å². The summed E-state index contributed by atoms with van der Waals surface area (Å²) in [6, 6.07) is 14.5. The molecule has 4 rings (SSSR count). The third kappa shape index (κ3) is 3.82. The average molecular weight is 411 g/mol. The van der Waals surface area contributed by atoms with Gasteiger partial charge in [0.25, 0.3) is 5.91 Å². The number of aromatic nitrogens is 1. The van der Waals surface area contributed by atoms with Crippen molar-refractivity contribution in [3.05, 3.63) is 64.9 Å². The standard InChI is InChI=1S/C21H19ClN4O3/c1-13-19(20(25-29-13)14-6-2-3-7-15(14)22)21(28)24-16-8-4-5-9-17(16)26-11-10-23-18(27)12-26/h2-9H,10-12H2,1H3,(H,23,27)(H,24,28). The minimum absolute atomic E-state index is 0.0479. The molecule has 0 saturated carbocycles. The van der Waals surface area contributed by atoms with Gasteiger partial charge in [0, 0.05) is 18.7 Å². The Morgan fingerprint density at radius 1 is 1.21 bits per heavy atom. The molecule has 3 aromatic rings. The summed E-state index contributed by atoms with van der Waals surface area (Å²) in [5.41, 5.74) is 2.73. The summed E-state index contributed by atoms with van der Waals surface area (Å²) >= 11 is 6.29. The molecule has 2 amide bonds. The lowest BCUT2D eigenvalue weighted by molar-refractivity contribution is -0.120. The summed E-state index contributed by atoms with van der Waals surface area (Å²) in [6.45, 7) is 3.14. The fraction of sp³-hybridized carbons (Fsp3) is 0.190. The van der Waals surface area contributed by atoms with Crippen molar-refractivity contribution in [1.82, 2.24) is 10.5 Å². The van der Waals surface area contributed by atoms with Crippen LogP contribution in [0.2, 0.25) is 5.02 Å². The van der Waals surface area contributed by atoms with Crippen LogP contribution < -0.4 is 15.5 Å². The number of amides is 2. The van der Waals surface area contributed by atoms with Crippen molar-refractivity contribution < 1.29 is 14.1 Å². The van der Waals surface area contributed by atoms with Gasteiger partial charge in [-0.25, -0.2) is 0 Å². The highest BCUT2D eigenvalue weighted by molar-refractivity contribution is 6.33. The molecule has 29 heavy (non-hydrogen) atoms. The zero-order valence-corrected chi connectivity index (χ0v) is 16.5. The van der Waals surface area contributed by atoms with Crippen molar-refractivity contribution in [3.8, 4) is 11.3 Å². The average Bonchev–Trinajstić information content (AvgIpc) is 3.10. The third-order valence-corrected chi connectivity index (χ3v) is 5.08. The number of carbonyl (C=O) groups excluding carboxylic acids is 2. The molecule has 0 atom stereocenters. The van der Waals surface area contributed by atoms with Crippen molar-refractivity contribution in [3.63, 3.8) is 0 Å². The number of aryl methyl sites for hydroxylation is 1. The molecule has 1 saturated heterocycles. The van der Waals surface area contributed by atoms with Gasteiger partial charge in [0.1, 0.15) is 17.0 Å². The minimum Gasteiger partial charge on any atom is -0.360 e. The summed E-state index contributed by atoms with van der Waals surface area (Å²) in [5.74, 6) is -0.00639. The van der Waals surface area contributed by atoms with E-state index in [2.05, 4.69) is 15.8 Å². The predicted octanol–water partition coefficient (Wildman–Crippen LogP) is 3.49. The van der Waals surface area contributed by atoms with E-state index in [-0.39, 0.29) is 18.4 Å². The fourth-order valence-electron chi connectivity index (χ4n) is 3.36. The Morgan fingerprint density at radius 3 is 2.76 bits per heavy atom. The topological polar surface area (TPSA) is 87.5 Å². The van der Waals surface area contributed by atoms with E-state index >= 15 is 0 Å². The smallest absolute Gasteiger partial charge is 0.261 e. The molecule has 2 N–H and O–H groups in total. The first-order valence-corrected chi connectivity index (χ1v) is 9.55. The molecule has 2 aromatic carbocycles. The van der Waals surface area contributed by atoms with E-state index in [4.69, 9.17) is 16.1 Å². The van der Waals surface area contributed by atoms with Crippen molar-refractivity contribution in [2.24, 2.45) is 0 Å². The molecule has 2 heterocycles. The van der Waals surface area contributed by atoms with E-state index in [1.54, 1.807) is 25.1 Å². The molecular formula is C21H19ClN4O3. The van der Waals surface area contributed by atoms with Crippen LogP contribution in [0.1, 0.15) is 16.1 Å². The highest BCUT2D eigenvalue weighted by atomic mass is 35.5. The molecular weight excluding hydrogens is 392 g/mol. The molecule has 0 radical (unpaired) electrons. The Balaban J connectivity index is 1.66. The molecule has 0 spiro atoms. The normalized spacial score (nSPS) is 13.9. The molecule has 1 aliphatic rings. The second-order valence-corrected chi connectivity index (χ2v) is 7.09. The maximum Gasteiger partial charge on any atom is 0.261 e. The lowest BCUT2D eigenvalue weighted by Crippen LogP contribution is -2.47. The lowest BCUT2D eigenvalue weighted by Gasteiger charge is -2.30. The fourth-order valence-corrected chi connectivity index (χ4v) is 3.59. The van der Waals surface area contributed by atoms with E-state index in [1.165, 1.54) is 0 Å². The number of rotatable bonds is 4. The highest BCUT2D eigenvalue weighted by Gasteiger charge is 2.25. The van der Waals surface area contributed by atoms with E-state index in [0.29, 0.717) is 46.4 Å². The molecule has 8 heteroatoms. The second kappa shape index (κ2) is 7.97. The number of nitrogens with one attached hydrogen (secondary N) is 2. The van der Waals surface area contributed by atoms with Gasteiger partial charge in [-0.1, -0.05) is 47.1 Å². The number of carbonyl (C=O) groups is 2. The number of piperazine rings is 1. The van der Waals surface area contributed by atoms with Crippen LogP contribution in [0, 0.1) is 6.92 Å². The minimum atomic E-state index is -0.354. The van der Waals surface area contributed by atoms with E-state index in [1.807, 2.05) is 35.2 Å². The Labute approximate surface area is 172 Å². The number of nitrogens with zero attached hydrogens (tertiary/aromatic N) is 2. The van der Waals surface area contributed by atoms with E-state index < -0.39 is 0 Å². The number of hydrogen-bond donors (Lipinski definition) is 2. The highest BCUT2D eigenvalue weighted by Crippen LogP contribution is 2.32. The zero-order valence-electron chi connectivity index (χ0n) is 15.7. The van der Waals surface area contributed by atoms with Gasteiger partial charge in [-0.05, 0) is 25.1 Å². The summed E-state index contributed by atoms with van der Waals surface area (Å²) < 4.78 is 5.29. The van der Waals surface area contributed by atoms with Gasteiger partial charge in [0.15, 0.2) is 0 Å². The first-order chi connectivity index (χ1) is 14.0. The van der Waals surface area contributed by atoms with Crippen LogP contribution in [-0.4, -0.2) is 36.6 Å². The Hall–Kier alpha value is -3.32. The summed E-state index contributed by atoms with van der Waals surface area (Å²) in [5, 5.41) is 10.3. The number of halogens is 1. The zero-order chi connectivity index (χ0) is 20.4. The monoisotopic (exact) mass is 410 g/mol. The van der Waals surface area contributed by atoms with Gasteiger partial charge < -0.3 is 20.1 Å². The maximum absolute atomic E-state index is 13.1. The van der Waals surface area contributed by atoms with Crippen molar-refractivity contribution >= 4 is 34.8 Å². The van der Waals surface area contributed by atoms with Crippen molar-refractivity contribution in [2.75, 3.05) is 29.9 Å². The second-order valence-electron chi connectivity index (χ2n) is 6.68. The molecule has 1 aliphatic heterocycles. The van der Waals surface area contributed by atoms with Crippen LogP contribution in [-0.2, 0) is 4.79 Å². The van der Waals surface area contributed by atoms with Crippen LogP contribution >= 0.6 is 11.6 Å². The number of hydrogen-bond acceptors (Lipinski definition) is 5. The molecule has 1 fully saturated rings. The van der Waals surface area contributed by atoms with Crippen LogP contribution in [0.5, 0.6) is 0 Å². The van der Waals surface area contributed by atoms with Gasteiger partial charge in [-0.15, -0.1) is 0 Å². The number of benzene rings is 2. The Bertz CT molecular complexity index is 1080. The van der Waals surface area contributed by atoms with Gasteiger partial charge in [0.2, 0.25) is 5.91 Å². The number of para-hydroxylation sites is 2. The first kappa shape index (κ1) is 19.0. The van der Waals surface area contributed by atoms with E-state index in [9.17, 15) is 9.59 Å². The van der Waals surface area contributed by atoms with Crippen LogP contribution in [0.15, 0.2) is 53.1 Å². The summed E-state index contributed by atoms with van der Waals surface area (Å²) in [4.78, 5) is 26.9. The first-order valence-electron chi connectivity index (χ1n) is 9.18. The Kier molecular flexibility index (Phi) is 5.22. The summed E-state index contributed by atoms with van der Waals surface area (Å²) in [6.07, 6.45) is 0. The summed E-state index contributed by atoms with van der Waals surface area (Å²) in [7, 11) is 0. The van der Waals surface area contributed by atoms with Crippen LogP contribution in [0.4, 0.5) is 11.4 Å². The molecule has 0 bridgehead atoms. The Morgan fingerprint density at radius 2 is 1.97 bits per heavy atom. The van der Waals surface area contributed by atoms with Crippen molar-refractivity contribution in [1.29, 1.82) is 0 Å². The van der Waals surface area contributed by atoms with Crippen LogP contribution in [0.25, 0.3) is 11.3 Å². The maximum atomic E-state index is 13.1. The molecule has 0 aliphatic carbocycles. The number of anilines is 2. The third-order valence-electron chi connectivity index (χ3n) is 4.75. The molecule has 148 valence electrons. The predicted molar refractivity (Wildman–Crippen MR) is 111 cm³/mol. The molecule has 7 nitrogen and oxygen atoms in total. The van der Waals surface area contributed by atoms with Crippen LogP contribution in [0.3, 0.4) is 0 Å². The van der Waals surface area contributed by atoms with Gasteiger partial charge >= 0.3 is 0 Å². The lowest BCUT2D eigenvalue weighted by atomic mass is 10.1. The van der Waals surface area contributed by atoms with Crippen molar-refractivity contribution in [2.45, 2.75) is 6.92 Å². The van der Waals surface area contributed by atoms with E-state index in [0.717, 1.165) is 5.69 Å².